The van der Waals surface area contributed by atoms with Gasteiger partial charge < -0.3 is 10.2 Å². The molecule has 0 heterocycles. The molecule has 0 saturated heterocycles. The van der Waals surface area contributed by atoms with E-state index in [1.165, 1.54) is 0 Å². The Balaban J connectivity index is 2.55. The van der Waals surface area contributed by atoms with Crippen LogP contribution in [0.1, 0.15) is 25.8 Å². The largest absolute Gasteiger partial charge is 0.507 e. The van der Waals surface area contributed by atoms with E-state index in [0.29, 0.717) is 10.4 Å². The first kappa shape index (κ1) is 12.5. The highest BCUT2D eigenvalue weighted by molar-refractivity contribution is 9.10. The van der Waals surface area contributed by atoms with Gasteiger partial charge in [0.15, 0.2) is 0 Å². The molecule has 84 valence electrons. The molecule has 0 saturated carbocycles. The average Bonchev–Trinajstić information content (AvgIpc) is 2.19. The van der Waals surface area contributed by atoms with E-state index >= 15 is 0 Å². The van der Waals surface area contributed by atoms with Crippen LogP contribution < -0.4 is 0 Å². The second-order valence-electron chi connectivity index (χ2n) is 4.14. The number of hydrogen-bond acceptors (Lipinski definition) is 2. The molecule has 2 nitrogen and oxygen atoms in total. The lowest BCUT2D eigenvalue weighted by Crippen LogP contribution is -2.15. The Bertz CT molecular complexity index is 323. The maximum absolute atomic E-state index is 9.65. The molecule has 0 bridgehead atoms. The van der Waals surface area contributed by atoms with Crippen LogP contribution in [0.4, 0.5) is 0 Å². The summed E-state index contributed by atoms with van der Waals surface area (Å²) in [5, 5.41) is 19.0. The third kappa shape index (κ3) is 3.84. The quantitative estimate of drug-likeness (QED) is 0.885. The summed E-state index contributed by atoms with van der Waals surface area (Å²) < 4.78 is 0.707. The molecular formula is C12H17BrO2. The van der Waals surface area contributed by atoms with Gasteiger partial charge in [0.2, 0.25) is 0 Å². The van der Waals surface area contributed by atoms with Crippen molar-refractivity contribution in [1.82, 2.24) is 0 Å². The van der Waals surface area contributed by atoms with Gasteiger partial charge in [-0.05, 0) is 52.4 Å². The normalized spacial score (nSPS) is 13.1. The van der Waals surface area contributed by atoms with Crippen molar-refractivity contribution >= 4 is 15.9 Å². The van der Waals surface area contributed by atoms with Crippen molar-refractivity contribution in [2.75, 3.05) is 0 Å². The number of aromatic hydroxyl groups is 1. The first-order valence-corrected chi connectivity index (χ1v) is 5.95. The van der Waals surface area contributed by atoms with Crippen LogP contribution in [-0.4, -0.2) is 16.3 Å². The Morgan fingerprint density at radius 1 is 1.33 bits per heavy atom. The van der Waals surface area contributed by atoms with Gasteiger partial charge in [-0.2, -0.15) is 0 Å². The molecule has 0 amide bonds. The molecule has 1 aromatic carbocycles. The molecule has 15 heavy (non-hydrogen) atoms. The zero-order valence-corrected chi connectivity index (χ0v) is 10.7. The molecule has 0 fully saturated rings. The first-order chi connectivity index (χ1) is 7.00. The molecule has 1 atom stereocenters. The molecular weight excluding hydrogens is 256 g/mol. The summed E-state index contributed by atoms with van der Waals surface area (Å²) in [5.74, 6) is 0.550. The third-order valence-electron chi connectivity index (χ3n) is 2.51. The molecule has 0 radical (unpaired) electrons. The molecule has 2 N–H and O–H groups in total. The highest BCUT2D eigenvalue weighted by atomic mass is 79.9. The molecule has 0 spiro atoms. The monoisotopic (exact) mass is 272 g/mol. The number of benzene rings is 1. The van der Waals surface area contributed by atoms with Crippen molar-refractivity contribution in [3.05, 3.63) is 28.2 Å². The van der Waals surface area contributed by atoms with Crippen LogP contribution in [0.15, 0.2) is 22.7 Å². The lowest BCUT2D eigenvalue weighted by molar-refractivity contribution is 0.116. The van der Waals surface area contributed by atoms with Gasteiger partial charge in [0.25, 0.3) is 0 Å². The number of halogens is 1. The Morgan fingerprint density at radius 3 is 2.53 bits per heavy atom. The summed E-state index contributed by atoms with van der Waals surface area (Å²) in [6.07, 6.45) is 1.34. The summed E-state index contributed by atoms with van der Waals surface area (Å²) >= 11 is 3.27. The Morgan fingerprint density at radius 2 is 2.00 bits per heavy atom. The molecule has 0 aliphatic carbocycles. The third-order valence-corrected chi connectivity index (χ3v) is 3.15. The van der Waals surface area contributed by atoms with Crippen molar-refractivity contribution < 1.29 is 10.2 Å². The van der Waals surface area contributed by atoms with Gasteiger partial charge in [-0.25, -0.2) is 0 Å². The number of aliphatic hydroxyl groups is 1. The second kappa shape index (κ2) is 5.52. The van der Waals surface area contributed by atoms with E-state index in [-0.39, 0.29) is 11.9 Å². The summed E-state index contributed by atoms with van der Waals surface area (Å²) in [7, 11) is 0. The maximum atomic E-state index is 9.65. The fraction of sp³-hybridized carbons (Fsp3) is 0.500. The van der Waals surface area contributed by atoms with Gasteiger partial charge >= 0.3 is 0 Å². The van der Waals surface area contributed by atoms with Crippen LogP contribution >= 0.6 is 15.9 Å². The predicted molar refractivity (Wildman–Crippen MR) is 65.0 cm³/mol. The van der Waals surface area contributed by atoms with Crippen molar-refractivity contribution in [1.29, 1.82) is 0 Å². The van der Waals surface area contributed by atoms with Gasteiger partial charge in [0.1, 0.15) is 5.75 Å². The zero-order valence-electron chi connectivity index (χ0n) is 9.07. The fourth-order valence-electron chi connectivity index (χ4n) is 1.35. The van der Waals surface area contributed by atoms with Gasteiger partial charge in [-0.15, -0.1) is 0 Å². The SMILES string of the molecule is CC(C)C(O)CCc1ccc(O)c(Br)c1. The van der Waals surface area contributed by atoms with Crippen LogP contribution in [-0.2, 0) is 6.42 Å². The average molecular weight is 273 g/mol. The highest BCUT2D eigenvalue weighted by Gasteiger charge is 2.09. The van der Waals surface area contributed by atoms with Gasteiger partial charge in [0.05, 0.1) is 10.6 Å². The molecule has 0 aromatic heterocycles. The van der Waals surface area contributed by atoms with Crippen molar-refractivity contribution in [2.24, 2.45) is 5.92 Å². The topological polar surface area (TPSA) is 40.5 Å². The van der Waals surface area contributed by atoms with E-state index in [2.05, 4.69) is 15.9 Å². The summed E-state index contributed by atoms with van der Waals surface area (Å²) in [6, 6.07) is 5.44. The zero-order chi connectivity index (χ0) is 11.4. The van der Waals surface area contributed by atoms with Crippen LogP contribution in [0.2, 0.25) is 0 Å². The summed E-state index contributed by atoms with van der Waals surface area (Å²) in [4.78, 5) is 0. The lowest BCUT2D eigenvalue weighted by atomic mass is 9.99. The van der Waals surface area contributed by atoms with Gasteiger partial charge in [0, 0.05) is 0 Å². The number of aliphatic hydroxyl groups excluding tert-OH is 1. The van der Waals surface area contributed by atoms with Crippen molar-refractivity contribution in [3.63, 3.8) is 0 Å². The van der Waals surface area contributed by atoms with Crippen LogP contribution in [0.25, 0.3) is 0 Å². The van der Waals surface area contributed by atoms with E-state index < -0.39 is 0 Å². The van der Waals surface area contributed by atoms with Gasteiger partial charge in [-0.1, -0.05) is 19.9 Å². The minimum atomic E-state index is -0.252. The second-order valence-corrected chi connectivity index (χ2v) is 4.99. The molecule has 3 heteroatoms. The van der Waals surface area contributed by atoms with E-state index in [9.17, 15) is 10.2 Å². The lowest BCUT2D eigenvalue weighted by Gasteiger charge is -2.14. The number of phenols is 1. The Kier molecular flexibility index (Phi) is 4.61. The molecule has 1 aromatic rings. The van der Waals surface area contributed by atoms with E-state index in [1.54, 1.807) is 6.07 Å². The molecule has 0 aliphatic heterocycles. The summed E-state index contributed by atoms with van der Waals surface area (Å²) in [6.45, 7) is 4.02. The maximum Gasteiger partial charge on any atom is 0.129 e. The molecule has 0 aliphatic rings. The van der Waals surface area contributed by atoms with Crippen molar-refractivity contribution in [2.45, 2.75) is 32.8 Å². The van der Waals surface area contributed by atoms with Crippen molar-refractivity contribution in [3.8, 4) is 5.75 Å². The first-order valence-electron chi connectivity index (χ1n) is 5.16. The molecule has 1 rings (SSSR count). The van der Waals surface area contributed by atoms with Crippen LogP contribution in [0.5, 0.6) is 5.75 Å². The Hall–Kier alpha value is -0.540. The minimum absolute atomic E-state index is 0.252. The Labute approximate surface area is 99.1 Å². The van der Waals surface area contributed by atoms with E-state index in [4.69, 9.17) is 0 Å². The minimum Gasteiger partial charge on any atom is -0.507 e. The number of hydrogen-bond donors (Lipinski definition) is 2. The van der Waals surface area contributed by atoms with E-state index in [0.717, 1.165) is 18.4 Å². The smallest absolute Gasteiger partial charge is 0.129 e. The number of aryl methyl sites for hydroxylation is 1. The number of phenolic OH excluding ortho intramolecular Hbond substituents is 1. The van der Waals surface area contributed by atoms with E-state index in [1.807, 2.05) is 26.0 Å². The predicted octanol–water partition coefficient (Wildman–Crippen LogP) is 3.10. The summed E-state index contributed by atoms with van der Waals surface area (Å²) in [5.41, 5.74) is 1.12. The highest BCUT2D eigenvalue weighted by Crippen LogP contribution is 2.25. The standard InChI is InChI=1S/C12H17BrO2/c1-8(2)11(14)5-3-9-4-6-12(15)10(13)7-9/h4,6-8,11,14-15H,3,5H2,1-2H3. The van der Waals surface area contributed by atoms with Gasteiger partial charge in [-0.3, -0.25) is 0 Å². The fourth-order valence-corrected chi connectivity index (χ4v) is 1.78. The van der Waals surface area contributed by atoms with Crippen LogP contribution in [0, 0.1) is 5.92 Å². The van der Waals surface area contributed by atoms with Crippen LogP contribution in [0.3, 0.4) is 0 Å². The number of rotatable bonds is 4. The molecule has 1 unspecified atom stereocenters.